The monoisotopic (exact) mass is 186 g/mol. The number of carbonyl (C=O) groups is 2. The lowest BCUT2D eigenvalue weighted by molar-refractivity contribution is -0.141. The summed E-state index contributed by atoms with van der Waals surface area (Å²) in [5, 5.41) is 0. The maximum Gasteiger partial charge on any atom is 0.508 e. The van der Waals surface area contributed by atoms with E-state index in [4.69, 9.17) is 4.74 Å². The Kier molecular flexibility index (Phi) is 2.89. The Bertz CT molecular complexity index is 245. The minimum atomic E-state index is -0.726. The predicted octanol–water partition coefficient (Wildman–Crippen LogP) is 0.641. The number of esters is 1. The summed E-state index contributed by atoms with van der Waals surface area (Å²) in [6.07, 6.45) is -1.22. The normalized spacial score (nSPS) is 20.4. The highest BCUT2D eigenvalue weighted by atomic mass is 16.8. The molecule has 0 aromatic rings. The summed E-state index contributed by atoms with van der Waals surface area (Å²) in [5.74, 6) is -0.497. The van der Waals surface area contributed by atoms with Crippen molar-refractivity contribution in [1.82, 2.24) is 0 Å². The molecule has 1 fully saturated rings. The van der Waals surface area contributed by atoms with Gasteiger partial charge in [-0.2, -0.15) is 0 Å². The zero-order valence-corrected chi connectivity index (χ0v) is 7.24. The highest BCUT2D eigenvalue weighted by Crippen LogP contribution is 2.06. The molecule has 5 heteroatoms. The van der Waals surface area contributed by atoms with E-state index in [0.717, 1.165) is 0 Å². The van der Waals surface area contributed by atoms with Crippen LogP contribution in [0.4, 0.5) is 4.79 Å². The molecule has 1 heterocycles. The highest BCUT2D eigenvalue weighted by molar-refractivity contribution is 5.86. The van der Waals surface area contributed by atoms with Crippen molar-refractivity contribution < 1.29 is 23.8 Å². The molecule has 0 spiro atoms. The van der Waals surface area contributed by atoms with Crippen molar-refractivity contribution in [3.8, 4) is 0 Å². The molecule has 0 N–H and O–H groups in total. The maximum absolute atomic E-state index is 10.9. The third kappa shape index (κ3) is 2.77. The lowest BCUT2D eigenvalue weighted by Gasteiger charge is -2.06. The third-order valence-electron chi connectivity index (χ3n) is 1.40. The van der Waals surface area contributed by atoms with Gasteiger partial charge in [-0.15, -0.1) is 0 Å². The predicted molar refractivity (Wildman–Crippen MR) is 42.0 cm³/mol. The quantitative estimate of drug-likeness (QED) is 0.478. The molecule has 1 aliphatic rings. The molecule has 1 atom stereocenters. The van der Waals surface area contributed by atoms with Crippen LogP contribution in [0.1, 0.15) is 6.92 Å². The Morgan fingerprint density at radius 2 is 2.46 bits per heavy atom. The van der Waals surface area contributed by atoms with Crippen LogP contribution in [0.2, 0.25) is 0 Å². The summed E-state index contributed by atoms with van der Waals surface area (Å²) < 4.78 is 13.8. The molecule has 0 amide bonds. The van der Waals surface area contributed by atoms with Crippen molar-refractivity contribution in [3.05, 3.63) is 12.2 Å². The fourth-order valence-corrected chi connectivity index (χ4v) is 0.739. The van der Waals surface area contributed by atoms with E-state index < -0.39 is 18.2 Å². The van der Waals surface area contributed by atoms with Crippen LogP contribution in [0.5, 0.6) is 0 Å². The van der Waals surface area contributed by atoms with E-state index in [1.54, 1.807) is 6.92 Å². The van der Waals surface area contributed by atoms with Gasteiger partial charge in [-0.1, -0.05) is 6.58 Å². The molecular weight excluding hydrogens is 176 g/mol. The largest absolute Gasteiger partial charge is 0.508 e. The lowest BCUT2D eigenvalue weighted by Crippen LogP contribution is -2.20. The molecule has 5 nitrogen and oxygen atoms in total. The SMILES string of the molecule is C=C(C)C(=O)OCC1COC(=O)O1. The number of rotatable bonds is 3. The van der Waals surface area contributed by atoms with Gasteiger partial charge in [0.2, 0.25) is 0 Å². The van der Waals surface area contributed by atoms with Gasteiger partial charge in [0, 0.05) is 5.57 Å². The number of ether oxygens (including phenoxy) is 3. The summed E-state index contributed by atoms with van der Waals surface area (Å²) in [6, 6.07) is 0. The first-order valence-corrected chi connectivity index (χ1v) is 3.75. The molecule has 0 aliphatic carbocycles. The van der Waals surface area contributed by atoms with Crippen LogP contribution in [-0.4, -0.2) is 31.4 Å². The Morgan fingerprint density at radius 3 is 2.92 bits per heavy atom. The summed E-state index contributed by atoms with van der Waals surface area (Å²) in [4.78, 5) is 21.3. The molecule has 0 aromatic heterocycles. The topological polar surface area (TPSA) is 61.8 Å². The fraction of sp³-hybridized carbons (Fsp3) is 0.500. The molecule has 1 unspecified atom stereocenters. The van der Waals surface area contributed by atoms with Crippen molar-refractivity contribution in [2.75, 3.05) is 13.2 Å². The number of cyclic esters (lactones) is 2. The molecule has 1 saturated heterocycles. The Hall–Kier alpha value is -1.52. The highest BCUT2D eigenvalue weighted by Gasteiger charge is 2.26. The molecule has 0 radical (unpaired) electrons. The van der Waals surface area contributed by atoms with Crippen molar-refractivity contribution >= 4 is 12.1 Å². The fourth-order valence-electron chi connectivity index (χ4n) is 0.739. The second kappa shape index (κ2) is 3.93. The van der Waals surface area contributed by atoms with Crippen LogP contribution in [0.3, 0.4) is 0 Å². The third-order valence-corrected chi connectivity index (χ3v) is 1.40. The average molecular weight is 186 g/mol. The van der Waals surface area contributed by atoms with Gasteiger partial charge in [0.05, 0.1) is 0 Å². The molecule has 0 aromatic carbocycles. The number of carbonyl (C=O) groups excluding carboxylic acids is 2. The Morgan fingerprint density at radius 1 is 1.77 bits per heavy atom. The van der Waals surface area contributed by atoms with E-state index in [1.807, 2.05) is 0 Å². The Balaban J connectivity index is 2.23. The van der Waals surface area contributed by atoms with Gasteiger partial charge in [0.15, 0.2) is 6.10 Å². The van der Waals surface area contributed by atoms with Crippen LogP contribution in [-0.2, 0) is 19.0 Å². The van der Waals surface area contributed by atoms with Crippen molar-refractivity contribution in [2.24, 2.45) is 0 Å². The van der Waals surface area contributed by atoms with Gasteiger partial charge in [-0.25, -0.2) is 9.59 Å². The van der Waals surface area contributed by atoms with Gasteiger partial charge in [0.1, 0.15) is 13.2 Å². The van der Waals surface area contributed by atoms with Gasteiger partial charge in [-0.3, -0.25) is 0 Å². The van der Waals surface area contributed by atoms with E-state index in [9.17, 15) is 9.59 Å². The smallest absolute Gasteiger partial charge is 0.458 e. The van der Waals surface area contributed by atoms with Gasteiger partial charge >= 0.3 is 12.1 Å². The first kappa shape index (κ1) is 9.57. The van der Waals surface area contributed by atoms with Crippen LogP contribution >= 0.6 is 0 Å². The minimum Gasteiger partial charge on any atom is -0.458 e. The second-order valence-corrected chi connectivity index (χ2v) is 2.68. The summed E-state index contributed by atoms with van der Waals surface area (Å²) in [6.45, 7) is 5.08. The van der Waals surface area contributed by atoms with Crippen molar-refractivity contribution in [3.63, 3.8) is 0 Å². The minimum absolute atomic E-state index is 0.0113. The second-order valence-electron chi connectivity index (χ2n) is 2.68. The Labute approximate surface area is 75.3 Å². The molecular formula is C8H10O5. The maximum atomic E-state index is 10.9. The zero-order valence-electron chi connectivity index (χ0n) is 7.24. The summed E-state index contributed by atoms with van der Waals surface area (Å²) in [5.41, 5.74) is 0.310. The summed E-state index contributed by atoms with van der Waals surface area (Å²) >= 11 is 0. The summed E-state index contributed by atoms with van der Waals surface area (Å²) in [7, 11) is 0. The zero-order chi connectivity index (χ0) is 9.84. The van der Waals surface area contributed by atoms with Gasteiger partial charge < -0.3 is 14.2 Å². The standard InChI is InChI=1S/C8H10O5/c1-5(2)7(9)11-3-6-4-12-8(10)13-6/h6H,1,3-4H2,2H3. The van der Waals surface area contributed by atoms with E-state index in [-0.39, 0.29) is 13.2 Å². The van der Waals surface area contributed by atoms with Gasteiger partial charge in [0.25, 0.3) is 0 Å². The molecule has 0 saturated carbocycles. The van der Waals surface area contributed by atoms with Crippen molar-refractivity contribution in [1.29, 1.82) is 0 Å². The first-order valence-electron chi connectivity index (χ1n) is 3.75. The van der Waals surface area contributed by atoms with Crippen LogP contribution < -0.4 is 0 Å². The van der Waals surface area contributed by atoms with E-state index in [0.29, 0.717) is 5.57 Å². The van der Waals surface area contributed by atoms with Crippen LogP contribution in [0, 0.1) is 0 Å². The number of hydrogen-bond acceptors (Lipinski definition) is 5. The average Bonchev–Trinajstić information content (AvgIpc) is 2.47. The molecule has 72 valence electrons. The lowest BCUT2D eigenvalue weighted by atomic mass is 10.3. The van der Waals surface area contributed by atoms with Gasteiger partial charge in [-0.05, 0) is 6.92 Å². The van der Waals surface area contributed by atoms with E-state index >= 15 is 0 Å². The molecule has 0 bridgehead atoms. The van der Waals surface area contributed by atoms with Crippen LogP contribution in [0.15, 0.2) is 12.2 Å². The molecule has 1 rings (SSSR count). The van der Waals surface area contributed by atoms with Crippen molar-refractivity contribution in [2.45, 2.75) is 13.0 Å². The van der Waals surface area contributed by atoms with E-state index in [1.165, 1.54) is 0 Å². The molecule has 1 aliphatic heterocycles. The van der Waals surface area contributed by atoms with E-state index in [2.05, 4.69) is 16.1 Å². The number of hydrogen-bond donors (Lipinski definition) is 0. The van der Waals surface area contributed by atoms with Crippen LogP contribution in [0.25, 0.3) is 0 Å². The molecule has 13 heavy (non-hydrogen) atoms. The first-order chi connectivity index (χ1) is 6.09.